The molecule has 2 aromatic rings. The largest absolute Gasteiger partial charge is 0.493 e. The Morgan fingerprint density at radius 2 is 1.57 bits per heavy atom. The van der Waals surface area contributed by atoms with E-state index in [0.717, 1.165) is 12.0 Å². The first kappa shape index (κ1) is 17.1. The highest BCUT2D eigenvalue weighted by molar-refractivity contribution is 5.80. The van der Waals surface area contributed by atoms with E-state index in [0.29, 0.717) is 17.4 Å². The molecule has 0 spiro atoms. The standard InChI is InChI=1S/C20H24O3/c1-14(2)13-16-9-11-17(12-10-16)15(3)20(21)23-19-8-6-5-7-18(19)22-4/h5-12,14-15H,13H2,1-4H3/t15-/m0/s1. The summed E-state index contributed by atoms with van der Waals surface area (Å²) in [6.45, 7) is 6.25. The van der Waals surface area contributed by atoms with Crippen molar-refractivity contribution >= 4 is 5.97 Å². The summed E-state index contributed by atoms with van der Waals surface area (Å²) in [6.07, 6.45) is 1.04. The minimum Gasteiger partial charge on any atom is -0.493 e. The fraction of sp³-hybridized carbons (Fsp3) is 0.350. The first-order valence-electron chi connectivity index (χ1n) is 7.94. The second-order valence-electron chi connectivity index (χ2n) is 6.13. The number of para-hydroxylation sites is 2. The zero-order valence-corrected chi connectivity index (χ0v) is 14.2. The molecule has 0 N–H and O–H groups in total. The molecule has 0 aliphatic carbocycles. The van der Waals surface area contributed by atoms with Gasteiger partial charge in [0, 0.05) is 0 Å². The average Bonchev–Trinajstić information content (AvgIpc) is 2.55. The van der Waals surface area contributed by atoms with E-state index < -0.39 is 0 Å². The van der Waals surface area contributed by atoms with Crippen molar-refractivity contribution in [1.29, 1.82) is 0 Å². The Hall–Kier alpha value is -2.29. The number of rotatable bonds is 6. The lowest BCUT2D eigenvalue weighted by Crippen LogP contribution is -2.16. The van der Waals surface area contributed by atoms with E-state index in [-0.39, 0.29) is 11.9 Å². The molecule has 3 nitrogen and oxygen atoms in total. The number of benzene rings is 2. The summed E-state index contributed by atoms with van der Waals surface area (Å²) in [4.78, 5) is 12.4. The predicted octanol–water partition coefficient (Wildman–Crippen LogP) is 4.60. The van der Waals surface area contributed by atoms with Gasteiger partial charge in [0.1, 0.15) is 0 Å². The van der Waals surface area contributed by atoms with E-state index in [4.69, 9.17) is 9.47 Å². The normalized spacial score (nSPS) is 12.0. The van der Waals surface area contributed by atoms with Gasteiger partial charge in [-0.25, -0.2) is 0 Å². The molecule has 23 heavy (non-hydrogen) atoms. The van der Waals surface area contributed by atoms with Crippen LogP contribution in [-0.4, -0.2) is 13.1 Å². The monoisotopic (exact) mass is 312 g/mol. The Labute approximate surface area is 138 Å². The summed E-state index contributed by atoms with van der Waals surface area (Å²) < 4.78 is 10.7. The Bertz CT molecular complexity index is 644. The zero-order valence-electron chi connectivity index (χ0n) is 14.2. The van der Waals surface area contributed by atoms with Crippen LogP contribution >= 0.6 is 0 Å². The van der Waals surface area contributed by atoms with E-state index >= 15 is 0 Å². The molecule has 2 aromatic carbocycles. The zero-order chi connectivity index (χ0) is 16.8. The number of methoxy groups -OCH3 is 1. The van der Waals surface area contributed by atoms with Crippen LogP contribution in [0.25, 0.3) is 0 Å². The molecule has 0 radical (unpaired) electrons. The smallest absolute Gasteiger partial charge is 0.318 e. The summed E-state index contributed by atoms with van der Waals surface area (Å²) in [5.41, 5.74) is 2.24. The maximum absolute atomic E-state index is 12.4. The molecule has 1 atom stereocenters. The van der Waals surface area contributed by atoms with E-state index in [9.17, 15) is 4.79 Å². The lowest BCUT2D eigenvalue weighted by Gasteiger charge is -2.14. The first-order valence-corrected chi connectivity index (χ1v) is 7.94. The van der Waals surface area contributed by atoms with Gasteiger partial charge in [0.2, 0.25) is 0 Å². The second kappa shape index (κ2) is 7.82. The van der Waals surface area contributed by atoms with Crippen LogP contribution in [0.3, 0.4) is 0 Å². The third-order valence-corrected chi connectivity index (χ3v) is 3.76. The molecule has 0 bridgehead atoms. The fourth-order valence-corrected chi connectivity index (χ4v) is 2.45. The van der Waals surface area contributed by atoms with Crippen molar-refractivity contribution < 1.29 is 14.3 Å². The van der Waals surface area contributed by atoms with Gasteiger partial charge in [-0.05, 0) is 42.5 Å². The SMILES string of the molecule is COc1ccccc1OC(=O)[C@@H](C)c1ccc(CC(C)C)cc1. The van der Waals surface area contributed by atoms with E-state index in [1.807, 2.05) is 31.2 Å². The Balaban J connectivity index is 2.07. The van der Waals surface area contributed by atoms with Gasteiger partial charge in [0.25, 0.3) is 0 Å². The van der Waals surface area contributed by atoms with Crippen LogP contribution in [0.1, 0.15) is 37.8 Å². The van der Waals surface area contributed by atoms with Crippen molar-refractivity contribution in [3.63, 3.8) is 0 Å². The Kier molecular flexibility index (Phi) is 5.80. The highest BCUT2D eigenvalue weighted by Crippen LogP contribution is 2.28. The highest BCUT2D eigenvalue weighted by atomic mass is 16.6. The molecule has 0 aromatic heterocycles. The van der Waals surface area contributed by atoms with Crippen molar-refractivity contribution in [3.05, 3.63) is 59.7 Å². The minimum absolute atomic E-state index is 0.286. The van der Waals surface area contributed by atoms with Gasteiger partial charge < -0.3 is 9.47 Å². The molecule has 122 valence electrons. The number of hydrogen-bond donors (Lipinski definition) is 0. The van der Waals surface area contributed by atoms with E-state index in [1.54, 1.807) is 19.2 Å². The van der Waals surface area contributed by atoms with Crippen molar-refractivity contribution in [2.24, 2.45) is 5.92 Å². The molecule has 0 saturated carbocycles. The fourth-order valence-electron chi connectivity index (χ4n) is 2.45. The molecule has 0 fully saturated rings. The van der Waals surface area contributed by atoms with Crippen LogP contribution in [0.5, 0.6) is 11.5 Å². The van der Waals surface area contributed by atoms with Gasteiger partial charge in [-0.15, -0.1) is 0 Å². The molecule has 0 aliphatic rings. The van der Waals surface area contributed by atoms with E-state index in [2.05, 4.69) is 26.0 Å². The lowest BCUT2D eigenvalue weighted by molar-refractivity contribution is -0.135. The third-order valence-electron chi connectivity index (χ3n) is 3.76. The minimum atomic E-state index is -0.326. The van der Waals surface area contributed by atoms with Gasteiger partial charge in [-0.3, -0.25) is 4.79 Å². The van der Waals surface area contributed by atoms with Crippen LogP contribution in [0.15, 0.2) is 48.5 Å². The molecule has 3 heteroatoms. The molecule has 0 saturated heterocycles. The van der Waals surface area contributed by atoms with Crippen LogP contribution in [0.2, 0.25) is 0 Å². The summed E-state index contributed by atoms with van der Waals surface area (Å²) >= 11 is 0. The molecular formula is C20H24O3. The van der Waals surface area contributed by atoms with Crippen LogP contribution in [0, 0.1) is 5.92 Å². The maximum Gasteiger partial charge on any atom is 0.318 e. The van der Waals surface area contributed by atoms with Gasteiger partial charge in [-0.1, -0.05) is 50.2 Å². The number of esters is 1. The maximum atomic E-state index is 12.4. The third kappa shape index (κ3) is 4.59. The quantitative estimate of drug-likeness (QED) is 0.577. The van der Waals surface area contributed by atoms with Gasteiger partial charge in [0.15, 0.2) is 11.5 Å². The number of carbonyl (C=O) groups excluding carboxylic acids is 1. The average molecular weight is 312 g/mol. The van der Waals surface area contributed by atoms with Crippen molar-refractivity contribution in [3.8, 4) is 11.5 Å². The van der Waals surface area contributed by atoms with Crippen LogP contribution in [-0.2, 0) is 11.2 Å². The highest BCUT2D eigenvalue weighted by Gasteiger charge is 2.19. The molecule has 2 rings (SSSR count). The molecule has 0 heterocycles. The number of hydrogen-bond acceptors (Lipinski definition) is 3. The van der Waals surface area contributed by atoms with Crippen molar-refractivity contribution in [1.82, 2.24) is 0 Å². The van der Waals surface area contributed by atoms with Gasteiger partial charge >= 0.3 is 5.97 Å². The first-order chi connectivity index (χ1) is 11.0. The molecule has 0 unspecified atom stereocenters. The van der Waals surface area contributed by atoms with Crippen LogP contribution < -0.4 is 9.47 Å². The summed E-state index contributed by atoms with van der Waals surface area (Å²) in [6, 6.07) is 15.3. The lowest BCUT2D eigenvalue weighted by atomic mass is 9.97. The van der Waals surface area contributed by atoms with Gasteiger partial charge in [-0.2, -0.15) is 0 Å². The predicted molar refractivity (Wildman–Crippen MR) is 92.0 cm³/mol. The molecular weight excluding hydrogens is 288 g/mol. The van der Waals surface area contributed by atoms with Gasteiger partial charge in [0.05, 0.1) is 13.0 Å². The summed E-state index contributed by atoms with van der Waals surface area (Å²) in [5.74, 6) is 1.01. The molecule has 0 aliphatic heterocycles. The van der Waals surface area contributed by atoms with Crippen molar-refractivity contribution in [2.75, 3.05) is 7.11 Å². The Morgan fingerprint density at radius 3 is 2.13 bits per heavy atom. The van der Waals surface area contributed by atoms with Crippen LogP contribution in [0.4, 0.5) is 0 Å². The molecule has 0 amide bonds. The Morgan fingerprint density at radius 1 is 0.957 bits per heavy atom. The van der Waals surface area contributed by atoms with E-state index in [1.165, 1.54) is 5.56 Å². The number of ether oxygens (including phenoxy) is 2. The summed E-state index contributed by atoms with van der Waals surface area (Å²) in [5, 5.41) is 0. The topological polar surface area (TPSA) is 35.5 Å². The van der Waals surface area contributed by atoms with Crippen molar-refractivity contribution in [2.45, 2.75) is 33.1 Å². The summed E-state index contributed by atoms with van der Waals surface area (Å²) in [7, 11) is 1.56. The second-order valence-corrected chi connectivity index (χ2v) is 6.13. The number of carbonyl (C=O) groups is 1.